The number of rotatable bonds is 4. The van der Waals surface area contributed by atoms with Crippen molar-refractivity contribution in [1.82, 2.24) is 10.2 Å². The van der Waals surface area contributed by atoms with E-state index in [1.165, 1.54) is 11.0 Å². The standard InChI is InChI=1S/C25H29N5O3/c1-28-13-15-30(16-14-28)21-4-2-3-20-22(31)17-23(33-24(20)21)25(32)27-18-5-7-19(8-6-18)29-11-9-26-10-12-29/h2-8,17,26H,9-16H2,1H3,(H,27,32)/p+1. The Hall–Kier alpha value is -3.20. The van der Waals surface area contributed by atoms with E-state index in [0.717, 1.165) is 63.7 Å². The zero-order valence-electron chi connectivity index (χ0n) is 18.9. The third kappa shape index (κ3) is 4.64. The molecule has 8 nitrogen and oxygen atoms in total. The molecule has 0 aliphatic carbocycles. The van der Waals surface area contributed by atoms with Gasteiger partial charge in [0.25, 0.3) is 5.91 Å². The molecular weight excluding hydrogens is 418 g/mol. The quantitative estimate of drug-likeness (QED) is 0.551. The van der Waals surface area contributed by atoms with Gasteiger partial charge in [0.2, 0.25) is 0 Å². The highest BCUT2D eigenvalue weighted by atomic mass is 16.3. The van der Waals surface area contributed by atoms with Crippen molar-refractivity contribution in [3.8, 4) is 0 Å². The fraction of sp³-hybridized carbons (Fsp3) is 0.360. The normalized spacial score (nSPS) is 17.9. The molecule has 3 N–H and O–H groups in total. The summed E-state index contributed by atoms with van der Waals surface area (Å²) in [6.45, 7) is 7.66. The summed E-state index contributed by atoms with van der Waals surface area (Å²) in [5.41, 5.74) is 3.04. The van der Waals surface area contributed by atoms with Crippen LogP contribution in [0.5, 0.6) is 0 Å². The van der Waals surface area contributed by atoms with Gasteiger partial charge in [-0.25, -0.2) is 0 Å². The third-order valence-electron chi connectivity index (χ3n) is 6.56. The Morgan fingerprint density at radius 2 is 1.76 bits per heavy atom. The number of anilines is 2. The molecule has 0 spiro atoms. The number of quaternary nitrogens is 1. The first kappa shape index (κ1) is 21.6. The van der Waals surface area contributed by atoms with Crippen LogP contribution >= 0.6 is 0 Å². The number of carbonyl (C=O) groups excluding carboxylic acids is 1. The van der Waals surface area contributed by atoms with Gasteiger partial charge in [0.05, 0.1) is 18.5 Å². The zero-order valence-corrected chi connectivity index (χ0v) is 18.9. The van der Waals surface area contributed by atoms with Crippen molar-refractivity contribution >= 4 is 33.9 Å². The van der Waals surface area contributed by atoms with Gasteiger partial charge in [0, 0.05) is 62.8 Å². The van der Waals surface area contributed by atoms with Gasteiger partial charge in [0.1, 0.15) is 0 Å². The van der Waals surface area contributed by atoms with Crippen molar-refractivity contribution in [3.05, 3.63) is 64.5 Å². The van der Waals surface area contributed by atoms with Gasteiger partial charge in [-0.1, -0.05) is 6.07 Å². The molecule has 0 atom stereocenters. The highest BCUT2D eigenvalue weighted by Gasteiger charge is 2.24. The van der Waals surface area contributed by atoms with Gasteiger partial charge < -0.3 is 20.0 Å². The van der Waals surface area contributed by atoms with Crippen LogP contribution in [0, 0.1) is 0 Å². The number of hydrogen-bond acceptors (Lipinski definition) is 6. The van der Waals surface area contributed by atoms with E-state index >= 15 is 0 Å². The summed E-state index contributed by atoms with van der Waals surface area (Å²) in [6, 6.07) is 14.7. The second-order valence-electron chi connectivity index (χ2n) is 8.80. The van der Waals surface area contributed by atoms with E-state index in [0.29, 0.717) is 16.7 Å². The van der Waals surface area contributed by atoms with E-state index in [2.05, 4.69) is 27.5 Å². The minimum Gasteiger partial charge on any atom is -0.444 e. The molecule has 0 unspecified atom stereocenters. The van der Waals surface area contributed by atoms with E-state index in [9.17, 15) is 9.59 Å². The van der Waals surface area contributed by atoms with Gasteiger partial charge >= 0.3 is 0 Å². The van der Waals surface area contributed by atoms with Crippen molar-refractivity contribution < 1.29 is 14.1 Å². The van der Waals surface area contributed by atoms with Crippen LogP contribution in [-0.2, 0) is 0 Å². The molecule has 8 heteroatoms. The number of amides is 1. The van der Waals surface area contributed by atoms with Gasteiger partial charge in [-0.2, -0.15) is 0 Å². The largest absolute Gasteiger partial charge is 0.444 e. The summed E-state index contributed by atoms with van der Waals surface area (Å²) in [6.07, 6.45) is 0. The number of benzene rings is 2. The zero-order chi connectivity index (χ0) is 22.8. The average molecular weight is 449 g/mol. The van der Waals surface area contributed by atoms with Crippen molar-refractivity contribution in [2.75, 3.05) is 69.6 Å². The number of likely N-dealkylation sites (N-methyl/N-ethyl adjacent to an activating group) is 1. The van der Waals surface area contributed by atoms with Gasteiger partial charge in [-0.05, 0) is 37.4 Å². The Morgan fingerprint density at radius 3 is 2.48 bits per heavy atom. The molecule has 172 valence electrons. The molecule has 2 aliphatic heterocycles. The van der Waals surface area contributed by atoms with Crippen LogP contribution in [0.4, 0.5) is 17.1 Å². The molecule has 33 heavy (non-hydrogen) atoms. The maximum atomic E-state index is 13.0. The van der Waals surface area contributed by atoms with E-state index in [4.69, 9.17) is 4.42 Å². The number of hydrogen-bond donors (Lipinski definition) is 3. The molecule has 5 rings (SSSR count). The SMILES string of the molecule is CN1CC[NH+](c2cccc3c(=O)cc(C(=O)Nc4ccc(N5CCNCC5)cc4)oc23)CC1. The molecule has 0 radical (unpaired) electrons. The number of fused-ring (bicyclic) bond motifs is 1. The van der Waals surface area contributed by atoms with Crippen LogP contribution in [0.25, 0.3) is 11.0 Å². The van der Waals surface area contributed by atoms with Crippen molar-refractivity contribution in [3.63, 3.8) is 0 Å². The minimum atomic E-state index is -0.424. The van der Waals surface area contributed by atoms with E-state index in [1.54, 1.807) is 6.07 Å². The molecule has 2 fully saturated rings. The summed E-state index contributed by atoms with van der Waals surface area (Å²) in [4.78, 5) is 31.6. The van der Waals surface area contributed by atoms with E-state index in [1.807, 2.05) is 36.4 Å². The second-order valence-corrected chi connectivity index (χ2v) is 8.80. The molecule has 2 aliphatic rings. The van der Waals surface area contributed by atoms with Crippen LogP contribution in [0.1, 0.15) is 10.6 Å². The average Bonchev–Trinajstić information content (AvgIpc) is 2.85. The Morgan fingerprint density at radius 1 is 1.03 bits per heavy atom. The molecule has 0 bridgehead atoms. The molecule has 2 saturated heterocycles. The van der Waals surface area contributed by atoms with Crippen LogP contribution in [0.3, 0.4) is 0 Å². The van der Waals surface area contributed by atoms with Gasteiger partial charge in [-0.15, -0.1) is 0 Å². The summed E-state index contributed by atoms with van der Waals surface area (Å²) < 4.78 is 6.05. The van der Waals surface area contributed by atoms with Crippen LogP contribution in [0.2, 0.25) is 0 Å². The molecule has 1 aromatic heterocycles. The van der Waals surface area contributed by atoms with E-state index < -0.39 is 5.91 Å². The fourth-order valence-corrected chi connectivity index (χ4v) is 4.60. The van der Waals surface area contributed by atoms with Crippen molar-refractivity contribution in [2.24, 2.45) is 0 Å². The molecule has 0 saturated carbocycles. The first-order valence-electron chi connectivity index (χ1n) is 11.6. The predicted molar refractivity (Wildman–Crippen MR) is 130 cm³/mol. The van der Waals surface area contributed by atoms with Crippen LogP contribution < -0.4 is 25.9 Å². The summed E-state index contributed by atoms with van der Waals surface area (Å²) >= 11 is 0. The number of piperazine rings is 2. The summed E-state index contributed by atoms with van der Waals surface area (Å²) in [5.74, 6) is -0.397. The summed E-state index contributed by atoms with van der Waals surface area (Å²) in [5, 5.41) is 6.72. The molecule has 2 aromatic carbocycles. The van der Waals surface area contributed by atoms with Crippen molar-refractivity contribution in [2.45, 2.75) is 0 Å². The molecular formula is C25H30N5O3+. The Kier molecular flexibility index (Phi) is 6.13. The minimum absolute atomic E-state index is 0.0275. The lowest BCUT2D eigenvalue weighted by Gasteiger charge is -2.29. The number of nitrogens with one attached hydrogen (secondary N) is 3. The third-order valence-corrected chi connectivity index (χ3v) is 6.56. The fourth-order valence-electron chi connectivity index (χ4n) is 4.60. The molecule has 3 aromatic rings. The lowest BCUT2D eigenvalue weighted by Crippen LogP contribution is -3.10. The predicted octanol–water partition coefficient (Wildman–Crippen LogP) is 0.917. The number of carbonyl (C=O) groups is 1. The Balaban J connectivity index is 1.38. The highest BCUT2D eigenvalue weighted by molar-refractivity contribution is 6.03. The Bertz CT molecular complexity index is 1190. The second kappa shape index (κ2) is 9.35. The number of para-hydroxylation sites is 1. The monoisotopic (exact) mass is 448 g/mol. The first-order chi connectivity index (χ1) is 16.1. The van der Waals surface area contributed by atoms with E-state index in [-0.39, 0.29) is 11.2 Å². The van der Waals surface area contributed by atoms with Gasteiger partial charge in [-0.3, -0.25) is 19.4 Å². The van der Waals surface area contributed by atoms with Crippen LogP contribution in [0.15, 0.2) is 57.7 Å². The lowest BCUT2D eigenvalue weighted by atomic mass is 10.1. The van der Waals surface area contributed by atoms with Crippen molar-refractivity contribution in [1.29, 1.82) is 0 Å². The van der Waals surface area contributed by atoms with Crippen LogP contribution in [-0.4, -0.2) is 70.2 Å². The summed E-state index contributed by atoms with van der Waals surface area (Å²) in [7, 11) is 2.11. The lowest BCUT2D eigenvalue weighted by molar-refractivity contribution is -0.837. The molecule has 1 amide bonds. The Labute approximate surface area is 192 Å². The molecule has 3 heterocycles. The first-order valence-corrected chi connectivity index (χ1v) is 11.6. The topological polar surface area (TPSA) is 82.3 Å². The number of nitrogens with zero attached hydrogens (tertiary/aromatic N) is 2. The maximum absolute atomic E-state index is 13.0. The highest BCUT2D eigenvalue weighted by Crippen LogP contribution is 2.22. The van der Waals surface area contributed by atoms with Gasteiger partial charge in [0.15, 0.2) is 22.5 Å². The smallest absolute Gasteiger partial charge is 0.291 e. The maximum Gasteiger partial charge on any atom is 0.291 e.